The van der Waals surface area contributed by atoms with Crippen LogP contribution in [0.25, 0.3) is 0 Å². The number of nitrogens with one attached hydrogen (secondary N) is 1. The van der Waals surface area contributed by atoms with E-state index in [0.29, 0.717) is 16.5 Å². The summed E-state index contributed by atoms with van der Waals surface area (Å²) in [4.78, 5) is 24.3. The molecular weight excluding hydrogens is 322 g/mol. The van der Waals surface area contributed by atoms with Gasteiger partial charge < -0.3 is 14.8 Å². The van der Waals surface area contributed by atoms with Crippen molar-refractivity contribution < 1.29 is 19.1 Å². The Hall–Kier alpha value is -2.54. The number of aromatic nitrogens is 2. The Balaban J connectivity index is 2.42. The van der Waals surface area contributed by atoms with Gasteiger partial charge in [0, 0.05) is 12.1 Å². The average Bonchev–Trinajstić information content (AvgIpc) is 2.82. The van der Waals surface area contributed by atoms with Gasteiger partial charge in [-0.25, -0.2) is 4.79 Å². The number of halogens is 1. The summed E-state index contributed by atoms with van der Waals surface area (Å²) in [6, 6.07) is 4.69. The van der Waals surface area contributed by atoms with E-state index < -0.39 is 11.9 Å². The van der Waals surface area contributed by atoms with Gasteiger partial charge in [-0.05, 0) is 25.1 Å². The molecular formula is C15H16ClN3O4. The van der Waals surface area contributed by atoms with Crippen LogP contribution in [0.4, 0.5) is 5.69 Å². The summed E-state index contributed by atoms with van der Waals surface area (Å²) in [6.45, 7) is 1.73. The van der Waals surface area contributed by atoms with Gasteiger partial charge in [-0.2, -0.15) is 5.10 Å². The number of carbonyl (C=O) groups is 2. The summed E-state index contributed by atoms with van der Waals surface area (Å²) in [5, 5.41) is 7.12. The van der Waals surface area contributed by atoms with Gasteiger partial charge in [0.25, 0.3) is 5.91 Å². The van der Waals surface area contributed by atoms with E-state index in [-0.39, 0.29) is 16.9 Å². The van der Waals surface area contributed by atoms with E-state index in [9.17, 15) is 9.59 Å². The van der Waals surface area contributed by atoms with E-state index in [0.717, 1.165) is 0 Å². The van der Waals surface area contributed by atoms with Gasteiger partial charge in [0.2, 0.25) is 0 Å². The lowest BCUT2D eigenvalue weighted by molar-refractivity contribution is 0.0594. The van der Waals surface area contributed by atoms with Crippen LogP contribution < -0.4 is 10.1 Å². The van der Waals surface area contributed by atoms with E-state index in [4.69, 9.17) is 16.3 Å². The maximum Gasteiger partial charge on any atom is 0.360 e. The fourth-order valence-electron chi connectivity index (χ4n) is 2.04. The summed E-state index contributed by atoms with van der Waals surface area (Å²) in [5.41, 5.74) is 1.17. The number of anilines is 1. The number of amides is 1. The van der Waals surface area contributed by atoms with Gasteiger partial charge in [-0.3, -0.25) is 9.48 Å². The van der Waals surface area contributed by atoms with Gasteiger partial charge >= 0.3 is 5.97 Å². The molecule has 8 heteroatoms. The lowest BCUT2D eigenvalue weighted by Gasteiger charge is -2.10. The van der Waals surface area contributed by atoms with Crippen molar-refractivity contribution in [1.29, 1.82) is 0 Å². The van der Waals surface area contributed by atoms with Crippen molar-refractivity contribution >= 4 is 29.2 Å². The zero-order valence-electron chi connectivity index (χ0n) is 13.1. The second-order valence-corrected chi connectivity index (χ2v) is 5.16. The summed E-state index contributed by atoms with van der Waals surface area (Å²) in [6.07, 6.45) is 0. The smallest absolute Gasteiger partial charge is 0.360 e. The molecule has 0 unspecified atom stereocenters. The maximum atomic E-state index is 12.5. The minimum absolute atomic E-state index is 0.0295. The molecule has 0 aliphatic rings. The molecule has 2 aromatic rings. The van der Waals surface area contributed by atoms with Crippen LogP contribution >= 0.6 is 11.6 Å². The third-order valence-electron chi connectivity index (χ3n) is 3.36. The molecule has 0 atom stereocenters. The highest BCUT2D eigenvalue weighted by atomic mass is 35.5. The number of ether oxygens (including phenoxy) is 2. The highest BCUT2D eigenvalue weighted by Crippen LogP contribution is 2.26. The molecule has 1 aromatic heterocycles. The van der Waals surface area contributed by atoms with Crippen molar-refractivity contribution in [2.75, 3.05) is 19.5 Å². The molecule has 0 saturated heterocycles. The Labute approximate surface area is 138 Å². The molecule has 1 N–H and O–H groups in total. The molecule has 7 nitrogen and oxygen atoms in total. The largest absolute Gasteiger partial charge is 0.496 e. The summed E-state index contributed by atoms with van der Waals surface area (Å²) in [7, 11) is 4.37. The number of rotatable bonds is 4. The Morgan fingerprint density at radius 3 is 2.61 bits per heavy atom. The molecule has 0 aliphatic carbocycles. The van der Waals surface area contributed by atoms with Gasteiger partial charge in [0.05, 0.1) is 31.2 Å². The molecule has 0 saturated carbocycles. The van der Waals surface area contributed by atoms with Crippen LogP contribution in [0.2, 0.25) is 5.02 Å². The van der Waals surface area contributed by atoms with Crippen LogP contribution in [0.3, 0.4) is 0 Å². The van der Waals surface area contributed by atoms with E-state index >= 15 is 0 Å². The van der Waals surface area contributed by atoms with Crippen molar-refractivity contribution in [3.05, 3.63) is 40.2 Å². The number of carbonyl (C=O) groups excluding carboxylic acids is 2. The zero-order valence-corrected chi connectivity index (χ0v) is 13.9. The molecule has 0 radical (unpaired) electrons. The third kappa shape index (κ3) is 3.29. The number of nitrogens with zero attached hydrogens (tertiary/aromatic N) is 2. The first-order valence-electron chi connectivity index (χ1n) is 6.65. The summed E-state index contributed by atoms with van der Waals surface area (Å²) < 4.78 is 11.3. The minimum Gasteiger partial charge on any atom is -0.496 e. The molecule has 1 aromatic carbocycles. The van der Waals surface area contributed by atoms with E-state index in [1.807, 2.05) is 0 Å². The first-order valence-corrected chi connectivity index (χ1v) is 7.03. The van der Waals surface area contributed by atoms with E-state index in [1.54, 1.807) is 26.1 Å². The van der Waals surface area contributed by atoms with Crippen molar-refractivity contribution in [2.45, 2.75) is 6.92 Å². The van der Waals surface area contributed by atoms with Crippen molar-refractivity contribution in [1.82, 2.24) is 9.78 Å². The molecule has 2 rings (SSSR count). The average molecular weight is 338 g/mol. The maximum absolute atomic E-state index is 12.5. The third-order valence-corrected chi connectivity index (χ3v) is 3.59. The monoisotopic (exact) mass is 337 g/mol. The van der Waals surface area contributed by atoms with Crippen LogP contribution in [0, 0.1) is 6.92 Å². The topological polar surface area (TPSA) is 82.5 Å². The first kappa shape index (κ1) is 16.8. The summed E-state index contributed by atoms with van der Waals surface area (Å²) >= 11 is 5.93. The normalized spacial score (nSPS) is 10.3. The molecule has 23 heavy (non-hydrogen) atoms. The molecule has 122 valence electrons. The molecule has 0 fully saturated rings. The van der Waals surface area contributed by atoms with Crippen LogP contribution in [0.15, 0.2) is 18.2 Å². The quantitative estimate of drug-likeness (QED) is 0.866. The second-order valence-electron chi connectivity index (χ2n) is 4.72. The minimum atomic E-state index is -0.637. The lowest BCUT2D eigenvalue weighted by Crippen LogP contribution is -2.16. The lowest BCUT2D eigenvalue weighted by atomic mass is 10.1. The van der Waals surface area contributed by atoms with Gasteiger partial charge in [-0.15, -0.1) is 0 Å². The zero-order chi connectivity index (χ0) is 17.1. The second kappa shape index (κ2) is 6.70. The molecule has 1 amide bonds. The Kier molecular flexibility index (Phi) is 4.90. The van der Waals surface area contributed by atoms with Gasteiger partial charge in [0.15, 0.2) is 5.69 Å². The number of methoxy groups -OCH3 is 2. The summed E-state index contributed by atoms with van der Waals surface area (Å²) in [5.74, 6) is -0.735. The van der Waals surface area contributed by atoms with Crippen molar-refractivity contribution in [3.8, 4) is 5.75 Å². The number of aryl methyl sites for hydroxylation is 1. The predicted octanol–water partition coefficient (Wildman–Crippen LogP) is 2.43. The van der Waals surface area contributed by atoms with Crippen LogP contribution in [0.1, 0.15) is 26.5 Å². The SMILES string of the molecule is COC(=O)c1nn(C)c(C)c1NC(=O)c1cc(Cl)ccc1OC. The Bertz CT molecular complexity index is 770. The Morgan fingerprint density at radius 2 is 2.00 bits per heavy atom. The standard InChI is InChI=1S/C15H16ClN3O4/c1-8-12(13(15(21)23-4)18-19(8)2)17-14(20)10-7-9(16)5-6-11(10)22-3/h5-7H,1-4H3,(H,17,20). The molecule has 1 heterocycles. The number of hydrogen-bond acceptors (Lipinski definition) is 5. The Morgan fingerprint density at radius 1 is 1.30 bits per heavy atom. The van der Waals surface area contributed by atoms with Crippen LogP contribution in [-0.2, 0) is 11.8 Å². The molecule has 0 spiro atoms. The van der Waals surface area contributed by atoms with Crippen LogP contribution in [-0.4, -0.2) is 35.9 Å². The fourth-order valence-corrected chi connectivity index (χ4v) is 2.21. The van der Waals surface area contributed by atoms with Crippen LogP contribution in [0.5, 0.6) is 5.75 Å². The number of benzene rings is 1. The van der Waals surface area contributed by atoms with E-state index in [2.05, 4.69) is 15.2 Å². The molecule has 0 bridgehead atoms. The highest BCUT2D eigenvalue weighted by Gasteiger charge is 2.23. The van der Waals surface area contributed by atoms with Crippen molar-refractivity contribution in [3.63, 3.8) is 0 Å². The van der Waals surface area contributed by atoms with Gasteiger partial charge in [0.1, 0.15) is 5.75 Å². The fraction of sp³-hybridized carbons (Fsp3) is 0.267. The highest BCUT2D eigenvalue weighted by molar-refractivity contribution is 6.31. The van der Waals surface area contributed by atoms with Gasteiger partial charge in [-0.1, -0.05) is 11.6 Å². The number of esters is 1. The number of hydrogen-bond donors (Lipinski definition) is 1. The van der Waals surface area contributed by atoms with E-state index in [1.165, 1.54) is 25.0 Å². The molecule has 0 aliphatic heterocycles. The first-order chi connectivity index (χ1) is 10.9. The van der Waals surface area contributed by atoms with Crippen molar-refractivity contribution in [2.24, 2.45) is 7.05 Å². The predicted molar refractivity (Wildman–Crippen MR) is 85.2 cm³/mol.